The van der Waals surface area contributed by atoms with Crippen LogP contribution in [0.3, 0.4) is 0 Å². The van der Waals surface area contributed by atoms with Gasteiger partial charge in [0.2, 0.25) is 0 Å². The summed E-state index contributed by atoms with van der Waals surface area (Å²) in [5, 5.41) is 4.49. The third-order valence-corrected chi connectivity index (χ3v) is 5.12. The molecule has 1 unspecified atom stereocenters. The summed E-state index contributed by atoms with van der Waals surface area (Å²) in [6.07, 6.45) is 0.598. The maximum atomic E-state index is 12.6. The number of rotatable bonds is 7. The Morgan fingerprint density at radius 2 is 1.88 bits per heavy atom. The first-order valence-electron chi connectivity index (χ1n) is 9.66. The van der Waals surface area contributed by atoms with Gasteiger partial charge in [-0.3, -0.25) is 4.79 Å². The van der Waals surface area contributed by atoms with Gasteiger partial charge in [-0.25, -0.2) is 10.2 Å². The Labute approximate surface area is 199 Å². The van der Waals surface area contributed by atoms with Crippen LogP contribution < -0.4 is 14.9 Å². The second kappa shape index (κ2) is 10.9. The summed E-state index contributed by atoms with van der Waals surface area (Å²) in [5.41, 5.74) is 4.21. The van der Waals surface area contributed by atoms with Crippen LogP contribution in [0.5, 0.6) is 11.5 Å². The maximum absolute atomic E-state index is 12.6. The van der Waals surface area contributed by atoms with Crippen molar-refractivity contribution in [3.8, 4) is 11.5 Å². The van der Waals surface area contributed by atoms with E-state index in [2.05, 4.69) is 26.5 Å². The number of nitrogens with one attached hydrogen (secondary N) is 1. The molecule has 32 heavy (non-hydrogen) atoms. The zero-order chi connectivity index (χ0) is 23.1. The predicted octanol–water partition coefficient (Wildman–Crippen LogP) is 5.55. The molecule has 0 radical (unpaired) electrons. The summed E-state index contributed by atoms with van der Waals surface area (Å²) in [5.74, 6) is -0.147. The van der Waals surface area contributed by atoms with Gasteiger partial charge in [0.1, 0.15) is 11.5 Å². The van der Waals surface area contributed by atoms with E-state index in [9.17, 15) is 9.59 Å². The van der Waals surface area contributed by atoms with E-state index in [4.69, 9.17) is 21.1 Å². The highest BCUT2D eigenvalue weighted by atomic mass is 79.9. The highest BCUT2D eigenvalue weighted by Gasteiger charge is 2.15. The maximum Gasteiger partial charge on any atom is 0.343 e. The molecule has 0 saturated carbocycles. The van der Waals surface area contributed by atoms with Gasteiger partial charge < -0.3 is 9.47 Å². The molecule has 0 aliphatic heterocycles. The van der Waals surface area contributed by atoms with Crippen molar-refractivity contribution < 1.29 is 19.1 Å². The van der Waals surface area contributed by atoms with Gasteiger partial charge in [0.05, 0.1) is 11.8 Å². The van der Waals surface area contributed by atoms with Gasteiger partial charge in [0.15, 0.2) is 6.10 Å². The Morgan fingerprint density at radius 3 is 2.62 bits per heavy atom. The number of aryl methyl sites for hydroxylation is 1. The number of hydrogen-bond donors (Lipinski definition) is 1. The van der Waals surface area contributed by atoms with E-state index in [1.807, 2.05) is 19.1 Å². The van der Waals surface area contributed by atoms with Gasteiger partial charge in [0.25, 0.3) is 5.91 Å². The fourth-order valence-corrected chi connectivity index (χ4v) is 3.28. The standard InChI is InChI=1S/C24H20BrClN2O4/c1-15-6-3-4-9-21(15)24(30)32-22-11-10-18(25)12-17(22)14-27-28-23(29)16(2)31-20-8-5-7-19(26)13-20/h3-14,16H,1-2H3,(H,28,29). The average Bonchev–Trinajstić information content (AvgIpc) is 2.75. The monoisotopic (exact) mass is 514 g/mol. The molecule has 0 spiro atoms. The van der Waals surface area contributed by atoms with E-state index in [1.165, 1.54) is 6.21 Å². The van der Waals surface area contributed by atoms with Gasteiger partial charge >= 0.3 is 5.97 Å². The molecule has 1 atom stereocenters. The second-order valence-corrected chi connectivity index (χ2v) is 8.19. The van der Waals surface area contributed by atoms with Crippen molar-refractivity contribution in [1.82, 2.24) is 5.43 Å². The molecule has 0 saturated heterocycles. The lowest BCUT2D eigenvalue weighted by Gasteiger charge is -2.13. The number of carbonyl (C=O) groups is 2. The highest BCUT2D eigenvalue weighted by molar-refractivity contribution is 9.10. The molecule has 3 aromatic carbocycles. The Hall–Kier alpha value is -3.16. The minimum atomic E-state index is -0.800. The molecule has 3 rings (SSSR count). The number of halogens is 2. The molecule has 6 nitrogen and oxygen atoms in total. The van der Waals surface area contributed by atoms with E-state index in [0.29, 0.717) is 27.6 Å². The summed E-state index contributed by atoms with van der Waals surface area (Å²) in [4.78, 5) is 24.9. The van der Waals surface area contributed by atoms with Crippen LogP contribution in [0, 0.1) is 6.92 Å². The minimum absolute atomic E-state index is 0.308. The van der Waals surface area contributed by atoms with E-state index in [-0.39, 0.29) is 0 Å². The van der Waals surface area contributed by atoms with Crippen LogP contribution in [-0.2, 0) is 4.79 Å². The molecular formula is C24H20BrClN2O4. The van der Waals surface area contributed by atoms with Crippen molar-refractivity contribution in [3.63, 3.8) is 0 Å². The van der Waals surface area contributed by atoms with Crippen molar-refractivity contribution in [2.75, 3.05) is 0 Å². The molecule has 3 aromatic rings. The molecule has 164 valence electrons. The molecule has 0 aromatic heterocycles. The van der Waals surface area contributed by atoms with E-state index < -0.39 is 18.0 Å². The number of hydrazone groups is 1. The molecule has 1 N–H and O–H groups in total. The zero-order valence-electron chi connectivity index (χ0n) is 17.3. The second-order valence-electron chi connectivity index (χ2n) is 6.84. The molecule has 0 aliphatic rings. The van der Waals surface area contributed by atoms with Crippen molar-refractivity contribution in [2.45, 2.75) is 20.0 Å². The zero-order valence-corrected chi connectivity index (χ0v) is 19.7. The van der Waals surface area contributed by atoms with Gasteiger partial charge in [-0.15, -0.1) is 0 Å². The fraction of sp³-hybridized carbons (Fsp3) is 0.125. The number of hydrogen-bond acceptors (Lipinski definition) is 5. The number of nitrogens with zero attached hydrogens (tertiary/aromatic N) is 1. The predicted molar refractivity (Wildman–Crippen MR) is 128 cm³/mol. The largest absolute Gasteiger partial charge is 0.481 e. The molecular weight excluding hydrogens is 496 g/mol. The summed E-state index contributed by atoms with van der Waals surface area (Å²) in [6.45, 7) is 3.43. The van der Waals surface area contributed by atoms with Crippen LogP contribution in [0.1, 0.15) is 28.4 Å². The van der Waals surface area contributed by atoms with E-state index in [1.54, 1.807) is 61.5 Å². The summed E-state index contributed by atoms with van der Waals surface area (Å²) >= 11 is 9.31. The third-order valence-electron chi connectivity index (χ3n) is 4.40. The lowest BCUT2D eigenvalue weighted by molar-refractivity contribution is -0.127. The molecule has 1 amide bonds. The third kappa shape index (κ3) is 6.42. The Kier molecular flexibility index (Phi) is 8.03. The Balaban J connectivity index is 1.67. The van der Waals surface area contributed by atoms with Gasteiger partial charge in [0, 0.05) is 15.1 Å². The van der Waals surface area contributed by atoms with Gasteiger partial charge in [-0.2, -0.15) is 5.10 Å². The quantitative estimate of drug-likeness (QED) is 0.194. The van der Waals surface area contributed by atoms with Crippen molar-refractivity contribution in [3.05, 3.63) is 92.9 Å². The van der Waals surface area contributed by atoms with E-state index in [0.717, 1.165) is 10.0 Å². The number of ether oxygens (including phenoxy) is 2. The SMILES string of the molecule is Cc1ccccc1C(=O)Oc1ccc(Br)cc1C=NNC(=O)C(C)Oc1cccc(Cl)c1. The lowest BCUT2D eigenvalue weighted by Crippen LogP contribution is -2.33. The molecule has 8 heteroatoms. The summed E-state index contributed by atoms with van der Waals surface area (Å²) < 4.78 is 11.9. The van der Waals surface area contributed by atoms with Crippen molar-refractivity contribution in [2.24, 2.45) is 5.10 Å². The van der Waals surface area contributed by atoms with Gasteiger partial charge in [-0.05, 0) is 61.9 Å². The van der Waals surface area contributed by atoms with Crippen molar-refractivity contribution in [1.29, 1.82) is 0 Å². The number of amides is 1. The molecule has 0 heterocycles. The number of carbonyl (C=O) groups excluding carboxylic acids is 2. The van der Waals surface area contributed by atoms with Crippen LogP contribution in [0.4, 0.5) is 0 Å². The Morgan fingerprint density at radius 1 is 1.09 bits per heavy atom. The highest BCUT2D eigenvalue weighted by Crippen LogP contribution is 2.23. The topological polar surface area (TPSA) is 77.0 Å². The lowest BCUT2D eigenvalue weighted by atomic mass is 10.1. The minimum Gasteiger partial charge on any atom is -0.481 e. The molecule has 0 bridgehead atoms. The first kappa shape index (κ1) is 23.5. The van der Waals surface area contributed by atoms with Crippen LogP contribution >= 0.6 is 27.5 Å². The van der Waals surface area contributed by atoms with Crippen LogP contribution in [0.2, 0.25) is 5.02 Å². The van der Waals surface area contributed by atoms with Crippen molar-refractivity contribution >= 4 is 45.6 Å². The summed E-state index contributed by atoms with van der Waals surface area (Å²) in [7, 11) is 0. The fourth-order valence-electron chi connectivity index (χ4n) is 2.72. The number of benzene rings is 3. The normalized spacial score (nSPS) is 11.8. The van der Waals surface area contributed by atoms with Crippen LogP contribution in [0.25, 0.3) is 0 Å². The first-order valence-corrected chi connectivity index (χ1v) is 10.8. The molecule has 0 aliphatic carbocycles. The first-order chi connectivity index (χ1) is 15.3. The Bertz CT molecular complexity index is 1170. The van der Waals surface area contributed by atoms with E-state index >= 15 is 0 Å². The number of esters is 1. The average molecular weight is 516 g/mol. The van der Waals surface area contributed by atoms with Crippen LogP contribution in [-0.4, -0.2) is 24.2 Å². The van der Waals surface area contributed by atoms with Crippen LogP contribution in [0.15, 0.2) is 76.3 Å². The molecule has 0 fully saturated rings. The smallest absolute Gasteiger partial charge is 0.343 e. The summed E-state index contributed by atoms with van der Waals surface area (Å²) in [6, 6.07) is 19.0. The van der Waals surface area contributed by atoms with Gasteiger partial charge in [-0.1, -0.05) is 51.8 Å².